The van der Waals surface area contributed by atoms with Crippen LogP contribution in [0.1, 0.15) is 40.9 Å². The second-order valence-electron chi connectivity index (χ2n) is 6.83. The van der Waals surface area contributed by atoms with Crippen LogP contribution in [0.5, 0.6) is 0 Å². The van der Waals surface area contributed by atoms with Crippen molar-refractivity contribution in [3.8, 4) is 0 Å². The van der Waals surface area contributed by atoms with E-state index < -0.39 is 0 Å². The summed E-state index contributed by atoms with van der Waals surface area (Å²) >= 11 is 1.43. The smallest absolute Gasteiger partial charge is 0.263 e. The third-order valence-corrected chi connectivity index (χ3v) is 6.05. The molecule has 1 aromatic carbocycles. The minimum Gasteiger partial charge on any atom is -0.338 e. The molecular weight excluding hydrogens is 344 g/mol. The highest BCUT2D eigenvalue weighted by Gasteiger charge is 2.20. The van der Waals surface area contributed by atoms with Crippen LogP contribution in [0.25, 0.3) is 10.1 Å². The highest BCUT2D eigenvalue weighted by molar-refractivity contribution is 7.20. The molecule has 4 rings (SSSR count). The lowest BCUT2D eigenvalue weighted by atomic mass is 10.2. The van der Waals surface area contributed by atoms with Crippen molar-refractivity contribution in [2.45, 2.75) is 32.2 Å². The minimum absolute atomic E-state index is 0.0301. The number of thiophene rings is 1. The highest BCUT2D eigenvalue weighted by Crippen LogP contribution is 2.25. The van der Waals surface area contributed by atoms with Gasteiger partial charge in [-0.15, -0.1) is 11.3 Å². The Balaban J connectivity index is 1.64. The molecule has 0 aliphatic carbocycles. The van der Waals surface area contributed by atoms with Crippen molar-refractivity contribution in [3.63, 3.8) is 0 Å². The van der Waals surface area contributed by atoms with Crippen LogP contribution in [-0.4, -0.2) is 28.5 Å². The van der Waals surface area contributed by atoms with Crippen molar-refractivity contribution < 1.29 is 4.79 Å². The first-order valence-corrected chi connectivity index (χ1v) is 10.0. The number of benzene rings is 1. The van der Waals surface area contributed by atoms with Gasteiger partial charge >= 0.3 is 0 Å². The molecule has 1 aliphatic rings. The molecule has 26 heavy (non-hydrogen) atoms. The number of amides is 1. The standard InChI is InChI=1S/C21H22N2O2S/c24-20-17-14-19(21(25)22-11-6-1-2-7-12-22)26-18(17)10-13-23(20)15-16-8-4-3-5-9-16/h3-5,8-10,13-14H,1-2,6-7,11-12,15H2. The Labute approximate surface area is 156 Å². The Bertz CT molecular complexity index is 967. The maximum atomic E-state index is 12.8. The SMILES string of the molecule is O=C(c1cc2c(=O)n(Cc3ccccc3)ccc2s1)N1CCCCCC1. The van der Waals surface area contributed by atoms with Gasteiger partial charge in [-0.1, -0.05) is 43.2 Å². The normalized spacial score (nSPS) is 15.2. The van der Waals surface area contributed by atoms with Gasteiger partial charge in [-0.2, -0.15) is 0 Å². The predicted octanol–water partition coefficient (Wildman–Crippen LogP) is 4.13. The summed E-state index contributed by atoms with van der Waals surface area (Å²) < 4.78 is 2.60. The predicted molar refractivity (Wildman–Crippen MR) is 106 cm³/mol. The van der Waals surface area contributed by atoms with Gasteiger partial charge in [0.2, 0.25) is 0 Å². The average molecular weight is 366 g/mol. The summed E-state index contributed by atoms with van der Waals surface area (Å²) in [6.45, 7) is 2.19. The van der Waals surface area contributed by atoms with E-state index in [9.17, 15) is 9.59 Å². The molecule has 1 saturated heterocycles. The molecule has 2 aromatic heterocycles. The number of hydrogen-bond acceptors (Lipinski definition) is 3. The summed E-state index contributed by atoms with van der Waals surface area (Å²) in [5.74, 6) is 0.0714. The van der Waals surface area contributed by atoms with E-state index in [1.54, 1.807) is 10.6 Å². The second kappa shape index (κ2) is 7.46. The van der Waals surface area contributed by atoms with E-state index in [4.69, 9.17) is 0 Å². The van der Waals surface area contributed by atoms with Crippen LogP contribution in [0.3, 0.4) is 0 Å². The number of nitrogens with zero attached hydrogens (tertiary/aromatic N) is 2. The molecule has 0 radical (unpaired) electrons. The molecule has 1 fully saturated rings. The van der Waals surface area contributed by atoms with E-state index in [-0.39, 0.29) is 11.5 Å². The topological polar surface area (TPSA) is 42.3 Å². The third kappa shape index (κ3) is 3.44. The minimum atomic E-state index is -0.0301. The van der Waals surface area contributed by atoms with Gasteiger partial charge in [0.05, 0.1) is 16.8 Å². The maximum absolute atomic E-state index is 12.8. The van der Waals surface area contributed by atoms with Crippen LogP contribution < -0.4 is 5.56 Å². The number of likely N-dealkylation sites (tertiary alicyclic amines) is 1. The van der Waals surface area contributed by atoms with Crippen molar-refractivity contribution in [2.24, 2.45) is 0 Å². The van der Waals surface area contributed by atoms with E-state index in [1.807, 2.05) is 47.5 Å². The lowest BCUT2D eigenvalue weighted by Crippen LogP contribution is -2.31. The monoisotopic (exact) mass is 366 g/mol. The molecule has 1 amide bonds. The van der Waals surface area contributed by atoms with Gasteiger partial charge in [0.1, 0.15) is 0 Å². The van der Waals surface area contributed by atoms with Crippen LogP contribution in [0.4, 0.5) is 0 Å². The molecule has 0 atom stereocenters. The molecule has 134 valence electrons. The Morgan fingerprint density at radius 3 is 2.46 bits per heavy atom. The van der Waals surface area contributed by atoms with E-state index >= 15 is 0 Å². The second-order valence-corrected chi connectivity index (χ2v) is 7.91. The number of carbonyl (C=O) groups excluding carboxylic acids is 1. The van der Waals surface area contributed by atoms with Gasteiger partial charge in [0.15, 0.2) is 0 Å². The summed E-state index contributed by atoms with van der Waals surface area (Å²) in [6.07, 6.45) is 6.36. The van der Waals surface area contributed by atoms with Crippen LogP contribution in [0.2, 0.25) is 0 Å². The molecule has 3 aromatic rings. The molecular formula is C21H22N2O2S. The largest absolute Gasteiger partial charge is 0.338 e. The Kier molecular flexibility index (Phi) is 4.89. The number of rotatable bonds is 3. The lowest BCUT2D eigenvalue weighted by molar-refractivity contribution is 0.0766. The van der Waals surface area contributed by atoms with Crippen LogP contribution >= 0.6 is 11.3 Å². The maximum Gasteiger partial charge on any atom is 0.263 e. The zero-order valence-corrected chi connectivity index (χ0v) is 15.5. The number of pyridine rings is 1. The van der Waals surface area contributed by atoms with Gasteiger partial charge < -0.3 is 9.47 Å². The zero-order chi connectivity index (χ0) is 17.9. The fourth-order valence-electron chi connectivity index (χ4n) is 3.52. The van der Waals surface area contributed by atoms with E-state index in [1.165, 1.54) is 24.2 Å². The summed E-state index contributed by atoms with van der Waals surface area (Å²) in [6, 6.07) is 13.7. The van der Waals surface area contributed by atoms with E-state index in [2.05, 4.69) is 0 Å². The fourth-order valence-corrected chi connectivity index (χ4v) is 4.53. The molecule has 0 unspecified atom stereocenters. The van der Waals surface area contributed by atoms with Gasteiger partial charge in [-0.05, 0) is 30.5 Å². The van der Waals surface area contributed by atoms with Gasteiger partial charge in [0, 0.05) is 24.0 Å². The Hall–Kier alpha value is -2.40. The summed E-state index contributed by atoms with van der Waals surface area (Å²) in [7, 11) is 0. The van der Waals surface area contributed by atoms with Crippen molar-refractivity contribution in [1.29, 1.82) is 0 Å². The molecule has 1 aliphatic heterocycles. The first kappa shape index (κ1) is 17.0. The van der Waals surface area contributed by atoms with Crippen LogP contribution in [0, 0.1) is 0 Å². The Morgan fingerprint density at radius 1 is 1.00 bits per heavy atom. The lowest BCUT2D eigenvalue weighted by Gasteiger charge is -2.19. The molecule has 0 spiro atoms. The highest BCUT2D eigenvalue weighted by atomic mass is 32.1. The number of aromatic nitrogens is 1. The number of fused-ring (bicyclic) bond motifs is 1. The molecule has 0 N–H and O–H groups in total. The molecule has 4 nitrogen and oxygen atoms in total. The summed E-state index contributed by atoms with van der Waals surface area (Å²) in [4.78, 5) is 28.3. The van der Waals surface area contributed by atoms with Crippen LogP contribution in [0.15, 0.2) is 53.5 Å². The number of hydrogen-bond donors (Lipinski definition) is 0. The third-order valence-electron chi connectivity index (χ3n) is 4.96. The molecule has 0 bridgehead atoms. The van der Waals surface area contributed by atoms with Gasteiger partial charge in [-0.25, -0.2) is 0 Å². The van der Waals surface area contributed by atoms with E-state index in [0.29, 0.717) is 16.8 Å². The first-order valence-electron chi connectivity index (χ1n) is 9.18. The molecule has 5 heteroatoms. The zero-order valence-electron chi connectivity index (χ0n) is 14.7. The van der Waals surface area contributed by atoms with Crippen molar-refractivity contribution in [2.75, 3.05) is 13.1 Å². The van der Waals surface area contributed by atoms with Gasteiger partial charge in [0.25, 0.3) is 11.5 Å². The van der Waals surface area contributed by atoms with E-state index in [0.717, 1.165) is 36.2 Å². The Morgan fingerprint density at radius 2 is 1.73 bits per heavy atom. The molecule has 3 heterocycles. The van der Waals surface area contributed by atoms with Crippen molar-refractivity contribution in [1.82, 2.24) is 9.47 Å². The first-order chi connectivity index (χ1) is 12.7. The fraction of sp³-hybridized carbons (Fsp3) is 0.333. The molecule has 0 saturated carbocycles. The van der Waals surface area contributed by atoms with Crippen molar-refractivity contribution >= 4 is 27.3 Å². The summed E-state index contributed by atoms with van der Waals surface area (Å²) in [5.41, 5.74) is 1.06. The number of carbonyl (C=O) groups is 1. The quantitative estimate of drug-likeness (QED) is 0.699. The van der Waals surface area contributed by atoms with Crippen molar-refractivity contribution in [3.05, 3.63) is 69.5 Å². The van der Waals surface area contributed by atoms with Gasteiger partial charge in [-0.3, -0.25) is 9.59 Å². The average Bonchev–Trinajstić information content (AvgIpc) is 2.92. The summed E-state index contributed by atoms with van der Waals surface area (Å²) in [5, 5.41) is 0.645. The van der Waals surface area contributed by atoms with Crippen LogP contribution in [-0.2, 0) is 6.54 Å².